The fraction of sp³-hybridized carbons (Fsp3) is 0.444. The number of fused-ring (bicyclic) bond motifs is 2. The number of sulfonamides is 1. The summed E-state index contributed by atoms with van der Waals surface area (Å²) in [6.07, 6.45) is 1.39. The molecule has 4 atom stereocenters. The molecule has 0 aromatic heterocycles. The van der Waals surface area contributed by atoms with Gasteiger partial charge in [-0.25, -0.2) is 17.6 Å². The number of aliphatic hydroxyl groups is 1. The molecule has 0 radical (unpaired) electrons. The third-order valence-corrected chi connectivity index (χ3v) is 10.2. The lowest BCUT2D eigenvalue weighted by molar-refractivity contribution is -0.0115. The second-order valence-corrected chi connectivity index (χ2v) is 14.6. The summed E-state index contributed by atoms with van der Waals surface area (Å²) in [6.45, 7) is 6.06. The highest BCUT2D eigenvalue weighted by molar-refractivity contribution is 7.92. The van der Waals surface area contributed by atoms with Gasteiger partial charge in [0.15, 0.2) is 11.5 Å². The zero-order valence-corrected chi connectivity index (χ0v) is 30.0. The number of benzene rings is 3. The second-order valence-electron chi connectivity index (χ2n) is 12.9. The first kappa shape index (κ1) is 37.7. The average molecular weight is 729 g/mol. The minimum Gasteiger partial charge on any atom is -0.490 e. The van der Waals surface area contributed by atoms with Gasteiger partial charge in [-0.1, -0.05) is 6.92 Å². The number of halogens is 1. The molecule has 0 saturated carbocycles. The number of hydrogen-bond acceptors (Lipinski definition) is 9. The second kappa shape index (κ2) is 16.6. The molecule has 0 fully saturated rings. The zero-order chi connectivity index (χ0) is 36.7. The van der Waals surface area contributed by atoms with Crippen LogP contribution in [-0.4, -0.2) is 93.7 Å². The van der Waals surface area contributed by atoms with E-state index in [4.69, 9.17) is 18.9 Å². The number of rotatable bonds is 8. The molecule has 5 rings (SSSR count). The van der Waals surface area contributed by atoms with Crippen LogP contribution < -0.4 is 24.2 Å². The quantitative estimate of drug-likeness (QED) is 0.280. The number of urea groups is 1. The van der Waals surface area contributed by atoms with E-state index in [9.17, 15) is 27.5 Å². The van der Waals surface area contributed by atoms with Crippen LogP contribution in [0.5, 0.6) is 17.2 Å². The molecular formula is C36H45FN4O9S. The molecule has 276 valence electrons. The van der Waals surface area contributed by atoms with Crippen LogP contribution in [-0.2, 0) is 14.8 Å². The van der Waals surface area contributed by atoms with Crippen molar-refractivity contribution in [2.45, 2.75) is 63.2 Å². The van der Waals surface area contributed by atoms with E-state index in [1.165, 1.54) is 21.9 Å². The van der Waals surface area contributed by atoms with E-state index >= 15 is 0 Å². The first-order valence-corrected chi connectivity index (χ1v) is 18.4. The summed E-state index contributed by atoms with van der Waals surface area (Å²) in [5.41, 5.74) is 0.743. The van der Waals surface area contributed by atoms with Gasteiger partial charge in [-0.15, -0.1) is 0 Å². The van der Waals surface area contributed by atoms with Gasteiger partial charge in [-0.2, -0.15) is 0 Å². The molecule has 0 saturated heterocycles. The Morgan fingerprint density at radius 2 is 1.73 bits per heavy atom. The van der Waals surface area contributed by atoms with Gasteiger partial charge in [0.05, 0.1) is 35.3 Å². The topological polar surface area (TPSA) is 156 Å². The van der Waals surface area contributed by atoms with Gasteiger partial charge < -0.3 is 39.2 Å². The fourth-order valence-corrected chi connectivity index (χ4v) is 6.87. The molecule has 2 aliphatic rings. The number of aliphatic hydroxyl groups excluding tert-OH is 1. The standard InChI is InChI=1S/C36H45FN4O9S/c1-23-19-41(24(2)21-42)35(43)30-17-28(39-51(45,46)29-12-8-26(37)9-13-29)11-14-31(30)50-25(3)7-5-6-16-47-34(23)20-40(4)36(44)38-27-10-15-32-33(18-27)49-22-48-32/h8-15,17-18,23-25,34,39,42H,5-7,16,19-22H2,1-4H3,(H,38,44)/t23-,24+,25+,34-/m1/s1. The van der Waals surface area contributed by atoms with Crippen molar-refractivity contribution in [2.75, 3.05) is 50.2 Å². The van der Waals surface area contributed by atoms with Crippen LogP contribution in [0.15, 0.2) is 65.6 Å². The minimum absolute atomic E-state index is 0.100. The molecule has 3 amide bonds. The van der Waals surface area contributed by atoms with Gasteiger partial charge in [-0.05, 0) is 87.7 Å². The molecule has 0 aliphatic carbocycles. The van der Waals surface area contributed by atoms with Crippen molar-refractivity contribution in [3.05, 3.63) is 72.0 Å². The number of amides is 3. The Labute approximate surface area is 297 Å². The van der Waals surface area contributed by atoms with Gasteiger partial charge in [0, 0.05) is 50.1 Å². The monoisotopic (exact) mass is 728 g/mol. The number of ether oxygens (including phenoxy) is 4. The fourth-order valence-electron chi connectivity index (χ4n) is 5.82. The lowest BCUT2D eigenvalue weighted by Gasteiger charge is -2.35. The van der Waals surface area contributed by atoms with Crippen LogP contribution in [0.3, 0.4) is 0 Å². The molecule has 51 heavy (non-hydrogen) atoms. The van der Waals surface area contributed by atoms with Gasteiger partial charge in [0.2, 0.25) is 6.79 Å². The Morgan fingerprint density at radius 1 is 1.02 bits per heavy atom. The Kier molecular flexibility index (Phi) is 12.3. The SMILES string of the molecule is C[C@@H]1CN([C@@H](C)CO)C(=O)c2cc(NS(=O)(=O)c3ccc(F)cc3)ccc2O[C@@H](C)CCCCO[C@@H]1CN(C)C(=O)Nc1ccc2c(c1)OCO2. The van der Waals surface area contributed by atoms with Crippen molar-refractivity contribution in [3.8, 4) is 17.2 Å². The molecule has 15 heteroatoms. The summed E-state index contributed by atoms with van der Waals surface area (Å²) in [5.74, 6) is 0.0387. The summed E-state index contributed by atoms with van der Waals surface area (Å²) in [7, 11) is -2.45. The van der Waals surface area contributed by atoms with Crippen molar-refractivity contribution in [1.82, 2.24) is 9.80 Å². The highest BCUT2D eigenvalue weighted by atomic mass is 32.2. The summed E-state index contributed by atoms with van der Waals surface area (Å²) in [4.78, 5) is 30.5. The molecule has 2 heterocycles. The molecule has 0 bridgehead atoms. The summed E-state index contributed by atoms with van der Waals surface area (Å²) < 4.78 is 65.5. The van der Waals surface area contributed by atoms with E-state index in [-0.39, 0.29) is 66.4 Å². The number of hydrogen-bond donors (Lipinski definition) is 3. The van der Waals surface area contributed by atoms with Crippen LogP contribution in [0.2, 0.25) is 0 Å². The Morgan fingerprint density at radius 3 is 2.47 bits per heavy atom. The zero-order valence-electron chi connectivity index (χ0n) is 29.1. The third kappa shape index (κ3) is 9.60. The van der Waals surface area contributed by atoms with Crippen LogP contribution in [0.4, 0.5) is 20.6 Å². The molecule has 2 aliphatic heterocycles. The van der Waals surface area contributed by atoms with Crippen molar-refractivity contribution < 1.29 is 46.5 Å². The molecule has 3 N–H and O–H groups in total. The highest BCUT2D eigenvalue weighted by Gasteiger charge is 2.31. The summed E-state index contributed by atoms with van der Waals surface area (Å²) >= 11 is 0. The normalized spacial score (nSPS) is 20.4. The number of anilines is 2. The van der Waals surface area contributed by atoms with Gasteiger partial charge in [0.1, 0.15) is 11.6 Å². The Bertz CT molecular complexity index is 1790. The number of carbonyl (C=O) groups excluding carboxylic acids is 2. The molecule has 3 aromatic carbocycles. The van der Waals surface area contributed by atoms with E-state index in [1.54, 1.807) is 38.2 Å². The number of carbonyl (C=O) groups is 2. The summed E-state index contributed by atoms with van der Waals surface area (Å²) in [6, 6.07) is 13.0. The predicted octanol–water partition coefficient (Wildman–Crippen LogP) is 5.31. The number of likely N-dealkylation sites (N-methyl/N-ethyl adjacent to an activating group) is 1. The Hall–Kier alpha value is -4.60. The van der Waals surface area contributed by atoms with E-state index in [2.05, 4.69) is 10.0 Å². The highest BCUT2D eigenvalue weighted by Crippen LogP contribution is 2.34. The van der Waals surface area contributed by atoms with Gasteiger partial charge in [0.25, 0.3) is 15.9 Å². The van der Waals surface area contributed by atoms with Crippen molar-refractivity contribution in [1.29, 1.82) is 0 Å². The van der Waals surface area contributed by atoms with E-state index in [0.29, 0.717) is 30.2 Å². The van der Waals surface area contributed by atoms with Gasteiger partial charge in [-0.3, -0.25) is 9.52 Å². The average Bonchev–Trinajstić information content (AvgIpc) is 3.57. The molecule has 0 spiro atoms. The maximum Gasteiger partial charge on any atom is 0.321 e. The minimum atomic E-state index is -4.11. The van der Waals surface area contributed by atoms with Crippen LogP contribution in [0.1, 0.15) is 50.4 Å². The first-order valence-electron chi connectivity index (χ1n) is 16.9. The van der Waals surface area contributed by atoms with E-state index in [1.807, 2.05) is 13.8 Å². The van der Waals surface area contributed by atoms with E-state index < -0.39 is 33.9 Å². The van der Waals surface area contributed by atoms with E-state index in [0.717, 1.165) is 37.1 Å². The smallest absolute Gasteiger partial charge is 0.321 e. The summed E-state index contributed by atoms with van der Waals surface area (Å²) in [5, 5.41) is 13.1. The number of nitrogens with zero attached hydrogens (tertiary/aromatic N) is 2. The molecule has 13 nitrogen and oxygen atoms in total. The van der Waals surface area contributed by atoms with Crippen LogP contribution in [0.25, 0.3) is 0 Å². The molecule has 0 unspecified atom stereocenters. The predicted molar refractivity (Wildman–Crippen MR) is 188 cm³/mol. The van der Waals surface area contributed by atoms with Crippen molar-refractivity contribution in [2.24, 2.45) is 5.92 Å². The van der Waals surface area contributed by atoms with Gasteiger partial charge >= 0.3 is 6.03 Å². The van der Waals surface area contributed by atoms with Crippen LogP contribution >= 0.6 is 0 Å². The molecule has 3 aromatic rings. The lowest BCUT2D eigenvalue weighted by atomic mass is 10.0. The van der Waals surface area contributed by atoms with Crippen molar-refractivity contribution >= 4 is 33.3 Å². The number of nitrogens with one attached hydrogen (secondary N) is 2. The first-order chi connectivity index (χ1) is 24.3. The lowest BCUT2D eigenvalue weighted by Crippen LogP contribution is -2.48. The maximum atomic E-state index is 14.4. The molecular weight excluding hydrogens is 683 g/mol. The van der Waals surface area contributed by atoms with Crippen molar-refractivity contribution in [3.63, 3.8) is 0 Å². The Balaban J connectivity index is 1.39. The van der Waals surface area contributed by atoms with Crippen LogP contribution in [0, 0.1) is 11.7 Å². The third-order valence-electron chi connectivity index (χ3n) is 8.85. The largest absolute Gasteiger partial charge is 0.490 e. The maximum absolute atomic E-state index is 14.4.